The van der Waals surface area contributed by atoms with Crippen LogP contribution >= 0.6 is 15.9 Å². The molecule has 156 valence electrons. The van der Waals surface area contributed by atoms with Crippen LogP contribution in [-0.2, 0) is 4.74 Å². The summed E-state index contributed by atoms with van der Waals surface area (Å²) in [6, 6.07) is 14.9. The molecule has 30 heavy (non-hydrogen) atoms. The first-order chi connectivity index (χ1) is 14.6. The minimum Gasteiger partial charge on any atom is -0.464 e. The van der Waals surface area contributed by atoms with E-state index in [4.69, 9.17) is 9.15 Å². The van der Waals surface area contributed by atoms with Crippen molar-refractivity contribution in [3.8, 4) is 0 Å². The van der Waals surface area contributed by atoms with E-state index in [1.807, 2.05) is 42.5 Å². The molecule has 7 heteroatoms. The van der Waals surface area contributed by atoms with Crippen LogP contribution in [0.4, 0.5) is 10.5 Å². The number of amides is 1. The first-order valence-corrected chi connectivity index (χ1v) is 10.8. The topological polar surface area (TPSA) is 71.8 Å². The van der Waals surface area contributed by atoms with Crippen LogP contribution in [0, 0.1) is 5.92 Å². The Morgan fingerprint density at radius 3 is 2.63 bits per heavy atom. The number of piperidine rings is 1. The van der Waals surface area contributed by atoms with E-state index in [1.54, 1.807) is 12.3 Å². The van der Waals surface area contributed by atoms with Gasteiger partial charge in [-0.05, 0) is 56.3 Å². The number of Topliss-reactive ketones (excluding diaryl/α,β-unsaturated/α-hetero) is 1. The zero-order valence-electron chi connectivity index (χ0n) is 16.5. The highest BCUT2D eigenvalue weighted by molar-refractivity contribution is 9.10. The second kappa shape index (κ2) is 9.45. The third-order valence-corrected chi connectivity index (χ3v) is 5.96. The number of hydrogen-bond acceptors (Lipinski definition) is 5. The van der Waals surface area contributed by atoms with Gasteiger partial charge in [-0.3, -0.25) is 15.0 Å². The quantitative estimate of drug-likeness (QED) is 0.492. The fourth-order valence-corrected chi connectivity index (χ4v) is 3.99. The van der Waals surface area contributed by atoms with Crippen LogP contribution in [-0.4, -0.2) is 43.0 Å². The number of nitrogens with one attached hydrogen (secondary N) is 1. The molecule has 2 aromatic carbocycles. The van der Waals surface area contributed by atoms with Gasteiger partial charge >= 0.3 is 6.09 Å². The molecule has 0 radical (unpaired) electrons. The molecule has 1 aromatic heterocycles. The number of halogens is 1. The number of carbonyl (C=O) groups is 2. The predicted molar refractivity (Wildman–Crippen MR) is 119 cm³/mol. The third kappa shape index (κ3) is 5.09. The number of furan rings is 1. The minimum absolute atomic E-state index is 0.0585. The standard InChI is InChI=1S/C23H23BrN2O4/c24-19-4-1-17(2-5-19)22(27)18-7-10-26(11-8-18)12-14-30-23(28)25-20-6-3-16-9-13-29-21(16)15-20/h1-6,9,13,15,18H,7-8,10-12,14H2,(H,25,28). The summed E-state index contributed by atoms with van der Waals surface area (Å²) in [6.07, 6.45) is 2.78. The summed E-state index contributed by atoms with van der Waals surface area (Å²) in [6.45, 7) is 2.62. The van der Waals surface area contributed by atoms with Gasteiger partial charge < -0.3 is 9.15 Å². The Hall–Kier alpha value is -2.64. The van der Waals surface area contributed by atoms with Gasteiger partial charge in [-0.2, -0.15) is 0 Å². The number of hydrogen-bond donors (Lipinski definition) is 1. The van der Waals surface area contributed by atoms with Crippen LogP contribution in [0.1, 0.15) is 23.2 Å². The van der Waals surface area contributed by atoms with Gasteiger partial charge in [0.1, 0.15) is 12.2 Å². The van der Waals surface area contributed by atoms with E-state index < -0.39 is 6.09 Å². The summed E-state index contributed by atoms with van der Waals surface area (Å²) < 4.78 is 11.6. The van der Waals surface area contributed by atoms with E-state index in [0.717, 1.165) is 41.4 Å². The normalized spacial score (nSPS) is 15.2. The highest BCUT2D eigenvalue weighted by Gasteiger charge is 2.25. The van der Waals surface area contributed by atoms with Gasteiger partial charge in [0.25, 0.3) is 0 Å². The number of likely N-dealkylation sites (tertiary alicyclic amines) is 1. The van der Waals surface area contributed by atoms with Crippen LogP contribution in [0.25, 0.3) is 11.0 Å². The maximum absolute atomic E-state index is 12.6. The fourth-order valence-electron chi connectivity index (χ4n) is 3.72. The molecular formula is C23H23BrN2O4. The Kier molecular flexibility index (Phi) is 6.50. The number of anilines is 1. The molecule has 3 aromatic rings. The van der Waals surface area contributed by atoms with Crippen LogP contribution in [0.15, 0.2) is 63.7 Å². The molecule has 0 unspecified atom stereocenters. The minimum atomic E-state index is -0.485. The highest BCUT2D eigenvalue weighted by atomic mass is 79.9. The number of carbonyl (C=O) groups excluding carboxylic acids is 2. The molecule has 1 aliphatic rings. The van der Waals surface area contributed by atoms with Crippen molar-refractivity contribution in [2.24, 2.45) is 5.92 Å². The molecule has 0 atom stereocenters. The molecule has 6 nitrogen and oxygen atoms in total. The second-order valence-electron chi connectivity index (χ2n) is 7.42. The number of ketones is 1. The molecule has 1 fully saturated rings. The number of ether oxygens (including phenoxy) is 1. The summed E-state index contributed by atoms with van der Waals surface area (Å²) >= 11 is 3.40. The predicted octanol–water partition coefficient (Wildman–Crippen LogP) is 5.34. The number of benzene rings is 2. The first-order valence-electron chi connectivity index (χ1n) is 10.0. The van der Waals surface area contributed by atoms with Crippen LogP contribution in [0.2, 0.25) is 0 Å². The molecule has 0 aliphatic carbocycles. The smallest absolute Gasteiger partial charge is 0.411 e. The molecule has 1 aliphatic heterocycles. The van der Waals surface area contributed by atoms with E-state index in [-0.39, 0.29) is 11.7 Å². The third-order valence-electron chi connectivity index (χ3n) is 5.43. The molecule has 0 saturated carbocycles. The fraction of sp³-hybridized carbons (Fsp3) is 0.304. The van der Waals surface area contributed by atoms with Crippen molar-refractivity contribution in [2.45, 2.75) is 12.8 Å². The Labute approximate surface area is 183 Å². The molecule has 1 saturated heterocycles. The zero-order chi connectivity index (χ0) is 20.9. The maximum atomic E-state index is 12.6. The van der Waals surface area contributed by atoms with Gasteiger partial charge in [0.15, 0.2) is 5.78 Å². The summed E-state index contributed by atoms with van der Waals surface area (Å²) in [5.41, 5.74) is 2.12. The highest BCUT2D eigenvalue weighted by Crippen LogP contribution is 2.23. The lowest BCUT2D eigenvalue weighted by Crippen LogP contribution is -2.38. The average molecular weight is 471 g/mol. The van der Waals surface area contributed by atoms with Gasteiger partial charge in [0.2, 0.25) is 0 Å². The monoisotopic (exact) mass is 470 g/mol. The van der Waals surface area contributed by atoms with Gasteiger partial charge in [-0.25, -0.2) is 4.79 Å². The van der Waals surface area contributed by atoms with E-state index in [9.17, 15) is 9.59 Å². The number of fused-ring (bicyclic) bond motifs is 1. The number of rotatable bonds is 6. The van der Waals surface area contributed by atoms with E-state index in [2.05, 4.69) is 26.1 Å². The van der Waals surface area contributed by atoms with E-state index in [0.29, 0.717) is 24.4 Å². The van der Waals surface area contributed by atoms with Crippen LogP contribution in [0.3, 0.4) is 0 Å². The SMILES string of the molecule is O=C(Nc1ccc2ccoc2c1)OCCN1CCC(C(=O)c2ccc(Br)cc2)CC1. The molecule has 1 N–H and O–H groups in total. The largest absolute Gasteiger partial charge is 0.464 e. The van der Waals surface area contributed by atoms with Crippen LogP contribution in [0.5, 0.6) is 0 Å². The average Bonchev–Trinajstić information content (AvgIpc) is 3.22. The van der Waals surface area contributed by atoms with Crippen molar-refractivity contribution in [2.75, 3.05) is 31.6 Å². The molecule has 1 amide bonds. The lowest BCUT2D eigenvalue weighted by atomic mass is 9.89. The summed E-state index contributed by atoms with van der Waals surface area (Å²) in [5, 5.41) is 3.70. The van der Waals surface area contributed by atoms with Crippen LogP contribution < -0.4 is 5.32 Å². The van der Waals surface area contributed by atoms with Gasteiger partial charge in [0.05, 0.1) is 6.26 Å². The van der Waals surface area contributed by atoms with Crippen molar-refractivity contribution >= 4 is 44.5 Å². The summed E-state index contributed by atoms with van der Waals surface area (Å²) in [7, 11) is 0. The second-order valence-corrected chi connectivity index (χ2v) is 8.34. The molecule has 0 spiro atoms. The van der Waals surface area contributed by atoms with Crippen molar-refractivity contribution in [3.63, 3.8) is 0 Å². The summed E-state index contributed by atoms with van der Waals surface area (Å²) in [5.74, 6) is 0.273. The Morgan fingerprint density at radius 1 is 1.10 bits per heavy atom. The Morgan fingerprint density at radius 2 is 1.87 bits per heavy atom. The maximum Gasteiger partial charge on any atom is 0.411 e. The molecule has 2 heterocycles. The van der Waals surface area contributed by atoms with Crippen molar-refractivity contribution in [1.29, 1.82) is 0 Å². The van der Waals surface area contributed by atoms with E-state index in [1.165, 1.54) is 0 Å². The van der Waals surface area contributed by atoms with Crippen molar-refractivity contribution < 1.29 is 18.7 Å². The van der Waals surface area contributed by atoms with E-state index >= 15 is 0 Å². The van der Waals surface area contributed by atoms with Gasteiger partial charge in [-0.1, -0.05) is 28.1 Å². The molecular weight excluding hydrogens is 448 g/mol. The summed E-state index contributed by atoms with van der Waals surface area (Å²) in [4.78, 5) is 26.9. The Bertz CT molecular complexity index is 1020. The zero-order valence-corrected chi connectivity index (χ0v) is 18.1. The van der Waals surface area contributed by atoms with Gasteiger partial charge in [-0.15, -0.1) is 0 Å². The lowest BCUT2D eigenvalue weighted by Gasteiger charge is -2.31. The van der Waals surface area contributed by atoms with Gasteiger partial charge in [0, 0.05) is 39.6 Å². The molecule has 0 bridgehead atoms. The molecule has 4 rings (SSSR count). The Balaban J connectivity index is 1.18. The first kappa shape index (κ1) is 20.6. The number of nitrogens with zero attached hydrogens (tertiary/aromatic N) is 1. The van der Waals surface area contributed by atoms with Crippen molar-refractivity contribution in [3.05, 3.63) is 64.8 Å². The van der Waals surface area contributed by atoms with Crippen molar-refractivity contribution in [1.82, 2.24) is 4.90 Å². The lowest BCUT2D eigenvalue weighted by molar-refractivity contribution is 0.0813.